The van der Waals surface area contributed by atoms with Crippen LogP contribution in [-0.2, 0) is 0 Å². The summed E-state index contributed by atoms with van der Waals surface area (Å²) in [6, 6.07) is 6.06. The van der Waals surface area contributed by atoms with Gasteiger partial charge >= 0.3 is 0 Å². The quantitative estimate of drug-likeness (QED) is 0.805. The highest BCUT2D eigenvalue weighted by molar-refractivity contribution is 5.94. The molecule has 1 amide bonds. The molecule has 1 aromatic carbocycles. The second kappa shape index (κ2) is 4.51. The third kappa shape index (κ3) is 2.51. The summed E-state index contributed by atoms with van der Waals surface area (Å²) in [7, 11) is 0. The zero-order chi connectivity index (χ0) is 11.5. The number of aromatic hydroxyl groups is 1. The van der Waals surface area contributed by atoms with Crippen LogP contribution >= 0.6 is 0 Å². The molecule has 2 atom stereocenters. The molecule has 16 heavy (non-hydrogen) atoms. The fourth-order valence-electron chi connectivity index (χ4n) is 1.97. The Morgan fingerprint density at radius 3 is 2.88 bits per heavy atom. The molecule has 0 saturated heterocycles. The predicted molar refractivity (Wildman–Crippen MR) is 58.1 cm³/mol. The predicted octanol–water partition coefficient (Wildman–Crippen LogP) is 2.01. The van der Waals surface area contributed by atoms with Crippen molar-refractivity contribution in [2.45, 2.75) is 31.5 Å². The van der Waals surface area contributed by atoms with Crippen LogP contribution in [0, 0.1) is 0 Å². The van der Waals surface area contributed by atoms with E-state index in [0.29, 0.717) is 24.8 Å². The lowest BCUT2D eigenvalue weighted by molar-refractivity contribution is 0.0936. The van der Waals surface area contributed by atoms with Crippen molar-refractivity contribution < 1.29 is 14.3 Å². The lowest BCUT2D eigenvalue weighted by Gasteiger charge is -2.11. The molecule has 1 aliphatic rings. The molecule has 1 saturated carbocycles. The van der Waals surface area contributed by atoms with Crippen molar-refractivity contribution in [2.24, 2.45) is 0 Å². The molecule has 0 unspecified atom stereocenters. The average Bonchev–Trinajstić information content (AvgIpc) is 2.64. The van der Waals surface area contributed by atoms with Gasteiger partial charge in [-0.25, -0.2) is 4.39 Å². The third-order valence-corrected chi connectivity index (χ3v) is 2.81. The van der Waals surface area contributed by atoms with Crippen molar-refractivity contribution in [1.82, 2.24) is 5.32 Å². The third-order valence-electron chi connectivity index (χ3n) is 2.81. The van der Waals surface area contributed by atoms with Gasteiger partial charge in [0.05, 0.1) is 0 Å². The number of halogens is 1. The normalized spacial score (nSPS) is 24.3. The van der Waals surface area contributed by atoms with Gasteiger partial charge in [-0.3, -0.25) is 4.79 Å². The Balaban J connectivity index is 1.98. The van der Waals surface area contributed by atoms with Gasteiger partial charge in [-0.2, -0.15) is 0 Å². The fraction of sp³-hybridized carbons (Fsp3) is 0.417. The minimum Gasteiger partial charge on any atom is -0.508 e. The zero-order valence-electron chi connectivity index (χ0n) is 8.82. The second-order valence-corrected chi connectivity index (χ2v) is 4.13. The average molecular weight is 223 g/mol. The number of alkyl halides is 1. The van der Waals surface area contributed by atoms with Crippen molar-refractivity contribution in [2.75, 3.05) is 0 Å². The molecular weight excluding hydrogens is 209 g/mol. The summed E-state index contributed by atoms with van der Waals surface area (Å²) in [6.45, 7) is 0. The van der Waals surface area contributed by atoms with Crippen LogP contribution in [-0.4, -0.2) is 23.2 Å². The molecule has 1 aliphatic carbocycles. The highest BCUT2D eigenvalue weighted by Gasteiger charge is 2.25. The summed E-state index contributed by atoms with van der Waals surface area (Å²) in [4.78, 5) is 11.7. The van der Waals surface area contributed by atoms with Crippen LogP contribution in [0.5, 0.6) is 5.75 Å². The Labute approximate surface area is 93.3 Å². The maximum absolute atomic E-state index is 12.9. The van der Waals surface area contributed by atoms with Gasteiger partial charge in [0.25, 0.3) is 5.91 Å². The molecule has 4 heteroatoms. The molecule has 0 aliphatic heterocycles. The Bertz CT molecular complexity index is 394. The highest BCUT2D eigenvalue weighted by Crippen LogP contribution is 2.22. The van der Waals surface area contributed by atoms with E-state index in [2.05, 4.69) is 5.32 Å². The standard InChI is InChI=1S/C12H14FNO2/c13-9-4-5-10(7-9)14-12(16)8-2-1-3-11(15)6-8/h1-3,6,9-10,15H,4-5,7H2,(H,14,16)/t9-,10-/m1/s1. The molecular formula is C12H14FNO2. The van der Waals surface area contributed by atoms with Gasteiger partial charge in [-0.1, -0.05) is 6.07 Å². The summed E-state index contributed by atoms with van der Waals surface area (Å²) in [6.07, 6.45) is 0.802. The first-order valence-corrected chi connectivity index (χ1v) is 5.39. The smallest absolute Gasteiger partial charge is 0.251 e. The van der Waals surface area contributed by atoms with E-state index in [0.717, 1.165) is 0 Å². The van der Waals surface area contributed by atoms with Gasteiger partial charge in [-0.05, 0) is 37.5 Å². The summed E-state index contributed by atoms with van der Waals surface area (Å²) in [5, 5.41) is 12.0. The van der Waals surface area contributed by atoms with Gasteiger partial charge in [0.1, 0.15) is 11.9 Å². The van der Waals surface area contributed by atoms with Crippen molar-refractivity contribution in [3.8, 4) is 5.75 Å². The van der Waals surface area contributed by atoms with Gasteiger partial charge in [-0.15, -0.1) is 0 Å². The van der Waals surface area contributed by atoms with Gasteiger partial charge in [0.2, 0.25) is 0 Å². The molecule has 1 aromatic rings. The van der Waals surface area contributed by atoms with E-state index in [1.54, 1.807) is 12.1 Å². The van der Waals surface area contributed by atoms with Crippen LogP contribution in [0.4, 0.5) is 4.39 Å². The molecule has 0 radical (unpaired) electrons. The van der Waals surface area contributed by atoms with Gasteiger partial charge < -0.3 is 10.4 Å². The van der Waals surface area contributed by atoms with E-state index in [9.17, 15) is 14.3 Å². The Hall–Kier alpha value is -1.58. The summed E-state index contributed by atoms with van der Waals surface area (Å²) >= 11 is 0. The van der Waals surface area contributed by atoms with Crippen LogP contribution in [0.1, 0.15) is 29.6 Å². The highest BCUT2D eigenvalue weighted by atomic mass is 19.1. The van der Waals surface area contributed by atoms with E-state index in [1.807, 2.05) is 0 Å². The largest absolute Gasteiger partial charge is 0.508 e. The molecule has 0 heterocycles. The minimum absolute atomic E-state index is 0.0578. The molecule has 0 aromatic heterocycles. The zero-order valence-corrected chi connectivity index (χ0v) is 8.82. The minimum atomic E-state index is -0.797. The van der Waals surface area contributed by atoms with Gasteiger partial charge in [0, 0.05) is 11.6 Å². The van der Waals surface area contributed by atoms with Crippen LogP contribution in [0.3, 0.4) is 0 Å². The van der Waals surface area contributed by atoms with Crippen LogP contribution in [0.2, 0.25) is 0 Å². The van der Waals surface area contributed by atoms with E-state index in [4.69, 9.17) is 0 Å². The Morgan fingerprint density at radius 2 is 2.25 bits per heavy atom. The van der Waals surface area contributed by atoms with E-state index < -0.39 is 6.17 Å². The van der Waals surface area contributed by atoms with E-state index >= 15 is 0 Å². The number of carbonyl (C=O) groups is 1. The lowest BCUT2D eigenvalue weighted by atomic mass is 10.1. The number of amides is 1. The maximum atomic E-state index is 12.9. The summed E-state index contributed by atoms with van der Waals surface area (Å²) < 4.78 is 12.9. The van der Waals surface area contributed by atoms with Crippen molar-refractivity contribution in [1.29, 1.82) is 0 Å². The monoisotopic (exact) mass is 223 g/mol. The Morgan fingerprint density at radius 1 is 1.44 bits per heavy atom. The van der Waals surface area contributed by atoms with Crippen LogP contribution in [0.15, 0.2) is 24.3 Å². The number of phenolic OH excluding ortho intramolecular Hbond substituents is 1. The van der Waals surface area contributed by atoms with Crippen LogP contribution in [0.25, 0.3) is 0 Å². The first-order chi connectivity index (χ1) is 7.65. The van der Waals surface area contributed by atoms with Crippen LogP contribution < -0.4 is 5.32 Å². The molecule has 86 valence electrons. The number of hydrogen-bond acceptors (Lipinski definition) is 2. The number of carbonyl (C=O) groups excluding carboxylic acids is 1. The van der Waals surface area contributed by atoms with E-state index in [1.165, 1.54) is 12.1 Å². The number of phenols is 1. The number of nitrogens with one attached hydrogen (secondary N) is 1. The molecule has 1 fully saturated rings. The maximum Gasteiger partial charge on any atom is 0.251 e. The molecule has 2 rings (SSSR count). The van der Waals surface area contributed by atoms with Crippen molar-refractivity contribution in [3.05, 3.63) is 29.8 Å². The number of benzene rings is 1. The summed E-state index contributed by atoms with van der Waals surface area (Å²) in [5.41, 5.74) is 0.405. The fourth-order valence-corrected chi connectivity index (χ4v) is 1.97. The lowest BCUT2D eigenvalue weighted by Crippen LogP contribution is -2.32. The topological polar surface area (TPSA) is 49.3 Å². The SMILES string of the molecule is O=C(N[C@@H]1CC[C@@H](F)C1)c1cccc(O)c1. The molecule has 3 nitrogen and oxygen atoms in total. The first-order valence-electron chi connectivity index (χ1n) is 5.39. The molecule has 0 bridgehead atoms. The van der Waals surface area contributed by atoms with Crippen molar-refractivity contribution in [3.63, 3.8) is 0 Å². The first kappa shape index (κ1) is 10.9. The van der Waals surface area contributed by atoms with Gasteiger partial charge in [0.15, 0.2) is 0 Å². The van der Waals surface area contributed by atoms with Crippen molar-refractivity contribution >= 4 is 5.91 Å². The van der Waals surface area contributed by atoms with E-state index in [-0.39, 0.29) is 17.7 Å². The number of hydrogen-bond donors (Lipinski definition) is 2. The summed E-state index contributed by atoms with van der Waals surface area (Å²) in [5.74, 6) is -0.197. The Kier molecular flexibility index (Phi) is 3.08. The number of rotatable bonds is 2. The second-order valence-electron chi connectivity index (χ2n) is 4.13. The molecule has 0 spiro atoms. The molecule has 2 N–H and O–H groups in total.